The molecule has 13 heteroatoms. The van der Waals surface area contributed by atoms with Crippen LogP contribution in [0.25, 0.3) is 22.2 Å². The summed E-state index contributed by atoms with van der Waals surface area (Å²) in [5, 5.41) is 14.5. The third-order valence-corrected chi connectivity index (χ3v) is 6.65. The number of rotatable bonds is 6. The molecule has 4 heterocycles. The van der Waals surface area contributed by atoms with E-state index in [0.29, 0.717) is 40.2 Å². The number of carbonyl (C=O) groups is 1. The molecule has 1 N–H and O–H groups in total. The molecule has 0 radical (unpaired) electrons. The summed E-state index contributed by atoms with van der Waals surface area (Å²) < 4.78 is 38.4. The first-order chi connectivity index (χ1) is 19.7. The highest BCUT2D eigenvalue weighted by Gasteiger charge is 2.34. The largest absolute Gasteiger partial charge is 0.436 e. The van der Waals surface area contributed by atoms with Crippen LogP contribution in [0.1, 0.15) is 12.6 Å². The van der Waals surface area contributed by atoms with Crippen molar-refractivity contribution in [2.45, 2.75) is 20.4 Å². The molecule has 0 saturated carbocycles. The van der Waals surface area contributed by atoms with Gasteiger partial charge in [-0.1, -0.05) is 18.2 Å². The van der Waals surface area contributed by atoms with Crippen molar-refractivity contribution in [2.24, 2.45) is 0 Å². The molecule has 2 aromatic carbocycles. The highest BCUT2D eigenvalue weighted by molar-refractivity contribution is 6.11. The number of ether oxygens (including phenoxy) is 1. The van der Waals surface area contributed by atoms with Crippen LogP contribution in [0.5, 0.6) is 11.6 Å². The van der Waals surface area contributed by atoms with Gasteiger partial charge in [-0.25, -0.2) is 19.3 Å². The van der Waals surface area contributed by atoms with E-state index in [0.717, 1.165) is 6.07 Å². The second kappa shape index (κ2) is 9.93. The monoisotopic (exact) mass is 557 g/mol. The maximum atomic E-state index is 15.5. The van der Waals surface area contributed by atoms with Gasteiger partial charge >= 0.3 is 5.69 Å². The Hall–Kier alpha value is -5.46. The van der Waals surface area contributed by atoms with E-state index >= 15 is 8.78 Å². The molecule has 0 saturated heterocycles. The molecule has 0 atom stereocenters. The normalized spacial score (nSPS) is 12.4. The molecule has 0 fully saturated rings. The Morgan fingerprint density at radius 2 is 1.90 bits per heavy atom. The van der Waals surface area contributed by atoms with Crippen molar-refractivity contribution in [2.75, 3.05) is 16.8 Å². The molecular formula is C28H21F2N7O4. The van der Waals surface area contributed by atoms with Gasteiger partial charge in [-0.3, -0.25) is 14.9 Å². The molecule has 1 amide bonds. The van der Waals surface area contributed by atoms with Gasteiger partial charge in [-0.2, -0.15) is 4.39 Å². The predicted octanol–water partition coefficient (Wildman–Crippen LogP) is 5.89. The first-order valence-electron chi connectivity index (χ1n) is 12.5. The van der Waals surface area contributed by atoms with Crippen LogP contribution < -0.4 is 15.0 Å². The lowest BCUT2D eigenvalue weighted by atomic mass is 10.0. The minimum atomic E-state index is -1.00. The zero-order valence-corrected chi connectivity index (χ0v) is 21.8. The summed E-state index contributed by atoms with van der Waals surface area (Å²) in [7, 11) is 0. The van der Waals surface area contributed by atoms with E-state index in [1.54, 1.807) is 40.7 Å². The molecule has 11 nitrogen and oxygen atoms in total. The van der Waals surface area contributed by atoms with Gasteiger partial charge in [0, 0.05) is 43.4 Å². The van der Waals surface area contributed by atoms with Crippen molar-refractivity contribution < 1.29 is 23.2 Å². The number of carbonyl (C=O) groups excluding carboxylic acids is 1. The summed E-state index contributed by atoms with van der Waals surface area (Å²) in [5.74, 6) is -1.32. The number of benzene rings is 2. The van der Waals surface area contributed by atoms with Crippen molar-refractivity contribution in [3.8, 4) is 22.8 Å². The first-order valence-corrected chi connectivity index (χ1v) is 12.5. The van der Waals surface area contributed by atoms with E-state index in [2.05, 4.69) is 20.3 Å². The van der Waals surface area contributed by atoms with Crippen LogP contribution in [0.15, 0.2) is 60.9 Å². The summed E-state index contributed by atoms with van der Waals surface area (Å²) in [6.45, 7) is 3.72. The van der Waals surface area contributed by atoms with Crippen LogP contribution in [0.4, 0.5) is 31.8 Å². The van der Waals surface area contributed by atoms with E-state index in [1.807, 2.05) is 0 Å². The van der Waals surface area contributed by atoms with E-state index in [-0.39, 0.29) is 35.6 Å². The summed E-state index contributed by atoms with van der Waals surface area (Å²) in [6, 6.07) is 13.4. The molecule has 3 aromatic heterocycles. The van der Waals surface area contributed by atoms with E-state index in [9.17, 15) is 14.9 Å². The maximum absolute atomic E-state index is 15.5. The van der Waals surface area contributed by atoms with Gasteiger partial charge in [-0.15, -0.1) is 0 Å². The number of amides is 1. The number of hydrogen-bond donors (Lipinski definition) is 1. The van der Waals surface area contributed by atoms with Crippen molar-refractivity contribution in [3.63, 3.8) is 0 Å². The maximum Gasteiger partial charge on any atom is 0.306 e. The highest BCUT2D eigenvalue weighted by atomic mass is 19.1. The average Bonchev–Trinajstić information content (AvgIpc) is 3.49. The predicted molar refractivity (Wildman–Crippen MR) is 146 cm³/mol. The summed E-state index contributed by atoms with van der Waals surface area (Å²) in [5.41, 5.74) is 1.20. The third kappa shape index (κ3) is 4.46. The van der Waals surface area contributed by atoms with Crippen molar-refractivity contribution in [1.82, 2.24) is 19.5 Å². The standard InChI is InChI=1S/C28H21F2N7O4/c1-15-5-3-8-22(33-15)41-21-10-9-17(13-18(21)29)23-24-26(34-16(2)38)31-14-32-27(24)36-12-11-35(28(23)36)19-6-4-7-20(25(19)30)37(39)40/h3-10,13-14H,11-12H2,1-2H3,(H,31,32,34,38). The molecule has 206 valence electrons. The van der Waals surface area contributed by atoms with Gasteiger partial charge in [0.05, 0.1) is 16.0 Å². The summed E-state index contributed by atoms with van der Waals surface area (Å²) in [6.07, 6.45) is 1.29. The topological polar surface area (TPSA) is 128 Å². The lowest BCUT2D eigenvalue weighted by molar-refractivity contribution is -0.387. The fourth-order valence-corrected chi connectivity index (χ4v) is 5.01. The SMILES string of the molecule is CC(=O)Nc1ncnc2c1c(-c1ccc(Oc3cccc(C)n3)c(F)c1)c1n2CCN1c1cccc([N+](=O)[O-])c1F. The van der Waals surface area contributed by atoms with Gasteiger partial charge in [0.1, 0.15) is 23.6 Å². The fraction of sp³-hybridized carbons (Fsp3) is 0.143. The molecule has 6 rings (SSSR count). The van der Waals surface area contributed by atoms with Gasteiger partial charge in [0.25, 0.3) is 0 Å². The number of aromatic nitrogens is 4. The Morgan fingerprint density at radius 1 is 1.10 bits per heavy atom. The number of pyridine rings is 1. The number of nitro benzene ring substituents is 1. The van der Waals surface area contributed by atoms with E-state index in [4.69, 9.17) is 4.74 Å². The fourth-order valence-electron chi connectivity index (χ4n) is 5.01. The van der Waals surface area contributed by atoms with Crippen LogP contribution in [0.2, 0.25) is 0 Å². The van der Waals surface area contributed by atoms with E-state index < -0.39 is 22.2 Å². The molecule has 0 bridgehead atoms. The minimum absolute atomic E-state index is 0.0259. The second-order valence-corrected chi connectivity index (χ2v) is 9.34. The molecule has 0 unspecified atom stereocenters. The van der Waals surface area contributed by atoms with Gasteiger partial charge in [0.15, 0.2) is 11.6 Å². The minimum Gasteiger partial charge on any atom is -0.436 e. The number of fused-ring (bicyclic) bond motifs is 3. The average molecular weight is 558 g/mol. The number of nitrogens with one attached hydrogen (secondary N) is 1. The Balaban J connectivity index is 1.56. The second-order valence-electron chi connectivity index (χ2n) is 9.34. The first kappa shape index (κ1) is 25.8. The van der Waals surface area contributed by atoms with Crippen molar-refractivity contribution in [3.05, 3.63) is 88.4 Å². The summed E-state index contributed by atoms with van der Waals surface area (Å²) in [4.78, 5) is 37.2. The number of hydrogen-bond acceptors (Lipinski definition) is 8. The Bertz CT molecular complexity index is 1870. The third-order valence-electron chi connectivity index (χ3n) is 6.65. The van der Waals surface area contributed by atoms with Gasteiger partial charge < -0.3 is 19.5 Å². The smallest absolute Gasteiger partial charge is 0.306 e. The number of aryl methyl sites for hydroxylation is 1. The van der Waals surface area contributed by atoms with Gasteiger partial charge in [-0.05, 0) is 36.8 Å². The van der Waals surface area contributed by atoms with Crippen molar-refractivity contribution >= 4 is 40.0 Å². The lowest BCUT2D eigenvalue weighted by Gasteiger charge is -2.20. The van der Waals surface area contributed by atoms with Crippen LogP contribution in [-0.4, -0.2) is 36.9 Å². The molecule has 0 spiro atoms. The van der Waals surface area contributed by atoms with Crippen LogP contribution in [-0.2, 0) is 11.3 Å². The number of halogens is 2. The number of nitro groups is 1. The Kier molecular flexibility index (Phi) is 6.25. The number of anilines is 3. The highest BCUT2D eigenvalue weighted by Crippen LogP contribution is 2.48. The van der Waals surface area contributed by atoms with Crippen molar-refractivity contribution in [1.29, 1.82) is 0 Å². The van der Waals surface area contributed by atoms with E-state index in [1.165, 1.54) is 37.5 Å². The molecule has 5 aromatic rings. The Labute approximate surface area is 231 Å². The lowest BCUT2D eigenvalue weighted by Crippen LogP contribution is -2.16. The zero-order valence-electron chi connectivity index (χ0n) is 21.8. The molecule has 41 heavy (non-hydrogen) atoms. The molecule has 1 aliphatic heterocycles. The molecule has 0 aliphatic carbocycles. The summed E-state index contributed by atoms with van der Waals surface area (Å²) >= 11 is 0. The van der Waals surface area contributed by atoms with Crippen LogP contribution in [0.3, 0.4) is 0 Å². The molecule has 1 aliphatic rings. The molecular weight excluding hydrogens is 536 g/mol. The van der Waals surface area contributed by atoms with Gasteiger partial charge in [0.2, 0.25) is 17.6 Å². The van der Waals surface area contributed by atoms with Crippen LogP contribution >= 0.6 is 0 Å². The number of nitrogens with zero attached hydrogens (tertiary/aromatic N) is 6. The Morgan fingerprint density at radius 3 is 2.63 bits per heavy atom. The van der Waals surface area contributed by atoms with Crippen LogP contribution in [0, 0.1) is 28.7 Å². The zero-order chi connectivity index (χ0) is 28.8. The quantitative estimate of drug-likeness (QED) is 0.202.